The minimum absolute atomic E-state index is 0.0109. The molecule has 1 unspecified atom stereocenters. The van der Waals surface area contributed by atoms with Crippen molar-refractivity contribution in [1.29, 1.82) is 0 Å². The normalized spacial score (nSPS) is 14.1. The van der Waals surface area contributed by atoms with Crippen LogP contribution < -0.4 is 0 Å². The van der Waals surface area contributed by atoms with Crippen LogP contribution in [0.4, 0.5) is 0 Å². The van der Waals surface area contributed by atoms with Gasteiger partial charge in [0.2, 0.25) is 0 Å². The van der Waals surface area contributed by atoms with E-state index in [1.165, 1.54) is 0 Å². The Hall–Kier alpha value is -0.880. The number of aromatic nitrogens is 2. The summed E-state index contributed by atoms with van der Waals surface area (Å²) in [5.41, 5.74) is 0.668. The first-order valence-electron chi connectivity index (χ1n) is 4.81. The lowest BCUT2D eigenvalue weighted by Gasteiger charge is -2.11. The molecule has 1 rings (SSSR count). The van der Waals surface area contributed by atoms with E-state index in [1.54, 1.807) is 16.9 Å². The van der Waals surface area contributed by atoms with Crippen LogP contribution in [-0.2, 0) is 16.4 Å². The Morgan fingerprint density at radius 3 is 2.80 bits per heavy atom. The zero-order valence-corrected chi connectivity index (χ0v) is 9.74. The Bertz CT molecular complexity index is 411. The van der Waals surface area contributed by atoms with Crippen molar-refractivity contribution in [2.45, 2.75) is 26.0 Å². The Kier molecular flexibility index (Phi) is 3.87. The van der Waals surface area contributed by atoms with E-state index in [1.807, 2.05) is 6.92 Å². The summed E-state index contributed by atoms with van der Waals surface area (Å²) in [7, 11) is -3.02. The van der Waals surface area contributed by atoms with Crippen molar-refractivity contribution in [3.63, 3.8) is 0 Å². The second kappa shape index (κ2) is 4.76. The number of hydrogen-bond donors (Lipinski definition) is 1. The van der Waals surface area contributed by atoms with Crippen LogP contribution in [0.25, 0.3) is 0 Å². The SMILES string of the molecule is CCn1nccc1C(O)CCS(C)(=O)=O. The quantitative estimate of drug-likeness (QED) is 0.796. The lowest BCUT2D eigenvalue weighted by atomic mass is 10.2. The molecule has 0 saturated heterocycles. The van der Waals surface area contributed by atoms with Gasteiger partial charge < -0.3 is 5.11 Å². The van der Waals surface area contributed by atoms with Gasteiger partial charge in [-0.25, -0.2) is 8.42 Å². The average molecular weight is 232 g/mol. The summed E-state index contributed by atoms with van der Waals surface area (Å²) in [5.74, 6) is -0.0109. The molecule has 1 N–H and O–H groups in total. The van der Waals surface area contributed by atoms with Gasteiger partial charge in [-0.05, 0) is 19.4 Å². The molecule has 0 bridgehead atoms. The van der Waals surface area contributed by atoms with Crippen molar-refractivity contribution in [2.75, 3.05) is 12.0 Å². The summed E-state index contributed by atoms with van der Waals surface area (Å²) < 4.78 is 23.5. The summed E-state index contributed by atoms with van der Waals surface area (Å²) in [6, 6.07) is 1.70. The first-order chi connectivity index (χ1) is 6.94. The van der Waals surface area contributed by atoms with Gasteiger partial charge in [0.05, 0.1) is 17.6 Å². The molecule has 6 heteroatoms. The molecular formula is C9H16N2O3S. The minimum Gasteiger partial charge on any atom is -0.387 e. The van der Waals surface area contributed by atoms with E-state index >= 15 is 0 Å². The number of hydrogen-bond acceptors (Lipinski definition) is 4. The van der Waals surface area contributed by atoms with E-state index in [9.17, 15) is 13.5 Å². The third-order valence-electron chi connectivity index (χ3n) is 2.15. The third-order valence-corrected chi connectivity index (χ3v) is 3.13. The van der Waals surface area contributed by atoms with E-state index in [0.717, 1.165) is 6.26 Å². The molecule has 0 aromatic carbocycles. The molecule has 1 heterocycles. The predicted molar refractivity (Wildman–Crippen MR) is 57.2 cm³/mol. The number of aliphatic hydroxyl groups is 1. The molecule has 1 aromatic heterocycles. The third kappa shape index (κ3) is 3.64. The number of rotatable bonds is 5. The molecule has 15 heavy (non-hydrogen) atoms. The number of nitrogens with zero attached hydrogens (tertiary/aromatic N) is 2. The molecule has 1 atom stereocenters. The van der Waals surface area contributed by atoms with E-state index in [2.05, 4.69) is 5.10 Å². The fourth-order valence-corrected chi connectivity index (χ4v) is 2.02. The van der Waals surface area contributed by atoms with Gasteiger partial charge in [-0.1, -0.05) is 0 Å². The predicted octanol–water partition coefficient (Wildman–Crippen LogP) is 0.371. The first-order valence-corrected chi connectivity index (χ1v) is 6.87. The van der Waals surface area contributed by atoms with E-state index < -0.39 is 15.9 Å². The second-order valence-electron chi connectivity index (χ2n) is 3.51. The molecule has 0 radical (unpaired) electrons. The summed E-state index contributed by atoms with van der Waals surface area (Å²) in [6.07, 6.45) is 2.21. The lowest BCUT2D eigenvalue weighted by molar-refractivity contribution is 0.163. The minimum atomic E-state index is -3.02. The van der Waals surface area contributed by atoms with Crippen LogP contribution >= 0.6 is 0 Å². The van der Waals surface area contributed by atoms with Crippen molar-refractivity contribution in [3.05, 3.63) is 18.0 Å². The van der Waals surface area contributed by atoms with Crippen molar-refractivity contribution < 1.29 is 13.5 Å². The van der Waals surface area contributed by atoms with Crippen LogP contribution in [0.15, 0.2) is 12.3 Å². The van der Waals surface area contributed by atoms with E-state index in [4.69, 9.17) is 0 Å². The Balaban J connectivity index is 2.65. The van der Waals surface area contributed by atoms with Crippen LogP contribution in [0.1, 0.15) is 25.1 Å². The highest BCUT2D eigenvalue weighted by Gasteiger charge is 2.14. The summed E-state index contributed by atoms with van der Waals surface area (Å²) in [5, 5.41) is 13.8. The molecule has 0 amide bonds. The Morgan fingerprint density at radius 2 is 2.27 bits per heavy atom. The zero-order valence-electron chi connectivity index (χ0n) is 8.92. The first kappa shape index (κ1) is 12.2. The highest BCUT2D eigenvalue weighted by molar-refractivity contribution is 7.90. The van der Waals surface area contributed by atoms with Crippen molar-refractivity contribution in [1.82, 2.24) is 9.78 Å². The summed E-state index contributed by atoms with van der Waals surface area (Å²) in [6.45, 7) is 2.58. The lowest BCUT2D eigenvalue weighted by Crippen LogP contribution is -2.12. The van der Waals surface area contributed by atoms with Crippen molar-refractivity contribution in [3.8, 4) is 0 Å². The highest BCUT2D eigenvalue weighted by atomic mass is 32.2. The standard InChI is InChI=1S/C9H16N2O3S/c1-3-11-8(4-6-10-11)9(12)5-7-15(2,13)14/h4,6,9,12H,3,5,7H2,1-2H3. The number of sulfone groups is 1. The fourth-order valence-electron chi connectivity index (χ4n) is 1.36. The molecule has 0 aliphatic rings. The molecule has 0 spiro atoms. The van der Waals surface area contributed by atoms with Crippen LogP contribution in [0.2, 0.25) is 0 Å². The van der Waals surface area contributed by atoms with Crippen molar-refractivity contribution in [2.24, 2.45) is 0 Å². The molecule has 86 valence electrons. The van der Waals surface area contributed by atoms with Gasteiger partial charge in [0, 0.05) is 19.0 Å². The van der Waals surface area contributed by atoms with Gasteiger partial charge in [-0.3, -0.25) is 4.68 Å². The molecule has 0 saturated carbocycles. The molecule has 0 fully saturated rings. The smallest absolute Gasteiger partial charge is 0.147 e. The fraction of sp³-hybridized carbons (Fsp3) is 0.667. The Morgan fingerprint density at radius 1 is 1.60 bits per heavy atom. The van der Waals surface area contributed by atoms with E-state index in [0.29, 0.717) is 12.2 Å². The topological polar surface area (TPSA) is 72.2 Å². The second-order valence-corrected chi connectivity index (χ2v) is 5.77. The van der Waals surface area contributed by atoms with Gasteiger partial charge in [0.25, 0.3) is 0 Å². The summed E-state index contributed by atoms with van der Waals surface area (Å²) in [4.78, 5) is 0. The maximum absolute atomic E-state index is 10.9. The Labute approximate surface area is 89.6 Å². The zero-order chi connectivity index (χ0) is 11.5. The molecule has 0 aliphatic heterocycles. The van der Waals surface area contributed by atoms with Gasteiger partial charge in [-0.2, -0.15) is 5.10 Å². The number of aryl methyl sites for hydroxylation is 1. The van der Waals surface area contributed by atoms with Gasteiger partial charge in [-0.15, -0.1) is 0 Å². The summed E-state index contributed by atoms with van der Waals surface area (Å²) >= 11 is 0. The van der Waals surface area contributed by atoms with Gasteiger partial charge >= 0.3 is 0 Å². The van der Waals surface area contributed by atoms with Crippen LogP contribution in [0.5, 0.6) is 0 Å². The van der Waals surface area contributed by atoms with Gasteiger partial charge in [0.1, 0.15) is 9.84 Å². The van der Waals surface area contributed by atoms with Crippen LogP contribution in [-0.4, -0.2) is 35.3 Å². The molecular weight excluding hydrogens is 216 g/mol. The van der Waals surface area contributed by atoms with E-state index in [-0.39, 0.29) is 12.2 Å². The van der Waals surface area contributed by atoms with Crippen LogP contribution in [0.3, 0.4) is 0 Å². The molecule has 5 nitrogen and oxygen atoms in total. The monoisotopic (exact) mass is 232 g/mol. The molecule has 0 aliphatic carbocycles. The average Bonchev–Trinajstić information content (AvgIpc) is 2.60. The maximum Gasteiger partial charge on any atom is 0.147 e. The highest BCUT2D eigenvalue weighted by Crippen LogP contribution is 2.16. The maximum atomic E-state index is 10.9. The number of aliphatic hydroxyl groups excluding tert-OH is 1. The van der Waals surface area contributed by atoms with Gasteiger partial charge in [0.15, 0.2) is 0 Å². The largest absolute Gasteiger partial charge is 0.387 e. The van der Waals surface area contributed by atoms with Crippen LogP contribution in [0, 0.1) is 0 Å². The van der Waals surface area contributed by atoms with Crippen molar-refractivity contribution >= 4 is 9.84 Å². The molecule has 1 aromatic rings.